The average Bonchev–Trinajstić information content (AvgIpc) is 3.33. The van der Waals surface area contributed by atoms with Crippen LogP contribution >= 0.6 is 11.3 Å². The van der Waals surface area contributed by atoms with Crippen LogP contribution < -0.4 is 0 Å². The Morgan fingerprint density at radius 2 is 2.12 bits per heavy atom. The number of aliphatic hydroxyl groups is 2. The third kappa shape index (κ3) is 5.16. The third-order valence-electron chi connectivity index (χ3n) is 6.40. The Bertz CT molecular complexity index is 1150. The number of rotatable bonds is 6. The predicted molar refractivity (Wildman–Crippen MR) is 117 cm³/mol. The number of hydrogen-bond acceptors (Lipinski definition) is 9. The van der Waals surface area contributed by atoms with E-state index in [1.54, 1.807) is 6.20 Å². The zero-order chi connectivity index (χ0) is 24.9. The van der Waals surface area contributed by atoms with Crippen molar-refractivity contribution in [1.29, 1.82) is 0 Å². The van der Waals surface area contributed by atoms with E-state index >= 15 is 0 Å². The van der Waals surface area contributed by atoms with Gasteiger partial charge in [0.15, 0.2) is 6.29 Å². The maximum absolute atomic E-state index is 13.6. The summed E-state index contributed by atoms with van der Waals surface area (Å²) in [6, 6.07) is -0.0557. The molecule has 2 aromatic rings. The van der Waals surface area contributed by atoms with Crippen molar-refractivity contribution in [2.75, 3.05) is 25.2 Å². The van der Waals surface area contributed by atoms with Gasteiger partial charge in [-0.2, -0.15) is 13.2 Å². The highest BCUT2D eigenvalue weighted by Crippen LogP contribution is 2.52. The summed E-state index contributed by atoms with van der Waals surface area (Å²) in [7, 11) is -3.12. The summed E-state index contributed by atoms with van der Waals surface area (Å²) < 4.78 is 71.2. The van der Waals surface area contributed by atoms with Crippen molar-refractivity contribution in [2.45, 2.75) is 63.4 Å². The molecule has 1 saturated heterocycles. The molecule has 0 radical (unpaired) electrons. The Kier molecular flexibility index (Phi) is 6.85. The van der Waals surface area contributed by atoms with E-state index in [-0.39, 0.29) is 31.4 Å². The molecule has 34 heavy (non-hydrogen) atoms. The van der Waals surface area contributed by atoms with Crippen molar-refractivity contribution in [3.63, 3.8) is 0 Å². The first kappa shape index (κ1) is 25.5. The largest absolute Gasteiger partial charge is 0.426 e. The van der Waals surface area contributed by atoms with Gasteiger partial charge < -0.3 is 14.9 Å². The van der Waals surface area contributed by atoms with E-state index < -0.39 is 38.3 Å². The lowest BCUT2D eigenvalue weighted by atomic mass is 9.81. The molecule has 14 heteroatoms. The molecule has 2 aliphatic heterocycles. The second-order valence-electron chi connectivity index (χ2n) is 8.99. The predicted octanol–water partition coefficient (Wildman–Crippen LogP) is 1.84. The molecule has 4 rings (SSSR count). The first-order valence-corrected chi connectivity index (χ1v) is 13.7. The van der Waals surface area contributed by atoms with E-state index in [2.05, 4.69) is 15.2 Å². The molecule has 4 heterocycles. The van der Waals surface area contributed by atoms with Gasteiger partial charge in [0.25, 0.3) is 0 Å². The van der Waals surface area contributed by atoms with E-state index in [4.69, 9.17) is 4.74 Å². The minimum atomic E-state index is -4.68. The highest BCUT2D eigenvalue weighted by molar-refractivity contribution is 7.90. The summed E-state index contributed by atoms with van der Waals surface area (Å²) in [5, 5.41) is 27.5. The fraction of sp³-hybridized carbons (Fsp3) is 0.700. The smallest absolute Gasteiger partial charge is 0.369 e. The van der Waals surface area contributed by atoms with Crippen molar-refractivity contribution in [3.8, 4) is 0 Å². The van der Waals surface area contributed by atoms with Gasteiger partial charge in [-0.3, -0.25) is 9.58 Å². The van der Waals surface area contributed by atoms with Crippen molar-refractivity contribution in [2.24, 2.45) is 0 Å². The SMILES string of the molecule is C[C@H]1C[C@@]2(CCN1Cc1cn(CCS(C)(=O)=O)nn1)OCCc1c2sc(C(F)(F)F)c1C(O)O. The average molecular weight is 525 g/mol. The third-order valence-corrected chi connectivity index (χ3v) is 8.80. The zero-order valence-electron chi connectivity index (χ0n) is 18.7. The normalized spacial score (nSPS) is 24.2. The van der Waals surface area contributed by atoms with Crippen molar-refractivity contribution >= 4 is 21.2 Å². The van der Waals surface area contributed by atoms with Crippen LogP contribution in [0.5, 0.6) is 0 Å². The number of nitrogens with zero attached hydrogens (tertiary/aromatic N) is 4. The van der Waals surface area contributed by atoms with Gasteiger partial charge in [-0.15, -0.1) is 16.4 Å². The summed E-state index contributed by atoms with van der Waals surface area (Å²) in [5.74, 6) is -0.0383. The van der Waals surface area contributed by atoms with Crippen LogP contribution in [0.1, 0.15) is 52.6 Å². The summed E-state index contributed by atoms with van der Waals surface area (Å²) >= 11 is 0.557. The van der Waals surface area contributed by atoms with Crippen molar-refractivity contribution < 1.29 is 36.5 Å². The maximum Gasteiger partial charge on any atom is 0.426 e. The van der Waals surface area contributed by atoms with Crippen LogP contribution in [0.2, 0.25) is 0 Å². The fourth-order valence-electron chi connectivity index (χ4n) is 4.80. The number of piperidine rings is 1. The quantitative estimate of drug-likeness (QED) is 0.550. The first-order valence-electron chi connectivity index (χ1n) is 10.8. The van der Waals surface area contributed by atoms with Crippen LogP contribution in [-0.4, -0.2) is 69.7 Å². The van der Waals surface area contributed by atoms with Gasteiger partial charge in [0.05, 0.1) is 24.6 Å². The number of aliphatic hydroxyl groups excluding tert-OH is 1. The van der Waals surface area contributed by atoms with Gasteiger partial charge in [-0.25, -0.2) is 8.42 Å². The van der Waals surface area contributed by atoms with Gasteiger partial charge in [0, 0.05) is 42.0 Å². The molecule has 0 unspecified atom stereocenters. The molecular weight excluding hydrogens is 497 g/mol. The summed E-state index contributed by atoms with van der Waals surface area (Å²) in [6.45, 7) is 3.38. The molecule has 0 bridgehead atoms. The number of fused-ring (bicyclic) bond motifs is 2. The summed E-state index contributed by atoms with van der Waals surface area (Å²) in [5.41, 5.74) is -0.347. The Hall–Kier alpha value is -1.58. The van der Waals surface area contributed by atoms with Gasteiger partial charge in [-0.1, -0.05) is 5.21 Å². The number of likely N-dealkylation sites (tertiary alicyclic amines) is 1. The van der Waals surface area contributed by atoms with E-state index in [0.29, 0.717) is 53.4 Å². The Balaban J connectivity index is 1.52. The van der Waals surface area contributed by atoms with Gasteiger partial charge in [0.1, 0.15) is 20.3 Å². The standard InChI is InChI=1S/C20H27F3N4O5S2/c1-12-9-19(4-5-26(12)10-13-11-27(25-24-13)6-8-34(2,30)31)16-14(3-7-32-19)15(18(28)29)17(33-16)20(21,22)23/h11-12,18,28-29H,3-10H2,1-2H3/t12-,19+/m0/s1. The van der Waals surface area contributed by atoms with Crippen LogP contribution in [-0.2, 0) is 45.9 Å². The molecule has 0 saturated carbocycles. The maximum atomic E-state index is 13.6. The van der Waals surface area contributed by atoms with E-state index in [9.17, 15) is 31.8 Å². The van der Waals surface area contributed by atoms with Crippen LogP contribution in [0.4, 0.5) is 13.2 Å². The minimum absolute atomic E-state index is 0.0383. The van der Waals surface area contributed by atoms with Crippen LogP contribution in [0.25, 0.3) is 0 Å². The highest BCUT2D eigenvalue weighted by Gasteiger charge is 2.49. The molecule has 0 amide bonds. The van der Waals surface area contributed by atoms with Gasteiger partial charge in [0.2, 0.25) is 0 Å². The number of sulfone groups is 1. The summed E-state index contributed by atoms with van der Waals surface area (Å²) in [6.07, 6.45) is -2.93. The van der Waals surface area contributed by atoms with E-state index in [1.807, 2.05) is 6.92 Å². The number of hydrogen-bond donors (Lipinski definition) is 2. The molecular formula is C20H27F3N4O5S2. The molecule has 1 fully saturated rings. The minimum Gasteiger partial charge on any atom is -0.369 e. The lowest BCUT2D eigenvalue weighted by molar-refractivity contribution is -0.139. The lowest BCUT2D eigenvalue weighted by Gasteiger charge is -2.47. The Morgan fingerprint density at radius 3 is 2.74 bits per heavy atom. The molecule has 9 nitrogen and oxygen atoms in total. The summed E-state index contributed by atoms with van der Waals surface area (Å²) in [4.78, 5) is 1.60. The molecule has 2 N–H and O–H groups in total. The topological polar surface area (TPSA) is 118 Å². The van der Waals surface area contributed by atoms with Crippen LogP contribution in [0.3, 0.4) is 0 Å². The second-order valence-corrected chi connectivity index (χ2v) is 12.3. The molecule has 190 valence electrons. The van der Waals surface area contributed by atoms with E-state index in [1.165, 1.54) is 4.68 Å². The monoisotopic (exact) mass is 524 g/mol. The van der Waals surface area contributed by atoms with Gasteiger partial charge in [-0.05, 0) is 31.7 Å². The number of thiophene rings is 1. The second kappa shape index (κ2) is 9.13. The van der Waals surface area contributed by atoms with Crippen LogP contribution in [0, 0.1) is 0 Å². The number of aromatic nitrogens is 3. The number of alkyl halides is 3. The Labute approximate surface area is 199 Å². The molecule has 0 aromatic carbocycles. The molecule has 2 aromatic heterocycles. The van der Waals surface area contributed by atoms with Crippen molar-refractivity contribution in [3.05, 3.63) is 32.8 Å². The zero-order valence-corrected chi connectivity index (χ0v) is 20.4. The Morgan fingerprint density at radius 1 is 1.38 bits per heavy atom. The molecule has 2 atom stereocenters. The molecule has 2 aliphatic rings. The number of ether oxygens (including phenoxy) is 1. The molecule has 1 spiro atoms. The fourth-order valence-corrected chi connectivity index (χ4v) is 6.75. The van der Waals surface area contributed by atoms with Crippen LogP contribution in [0.15, 0.2) is 6.20 Å². The lowest BCUT2D eigenvalue weighted by Crippen LogP contribution is -2.50. The number of aryl methyl sites for hydroxylation is 1. The van der Waals surface area contributed by atoms with E-state index in [0.717, 1.165) is 6.26 Å². The molecule has 0 aliphatic carbocycles. The number of halogens is 3. The van der Waals surface area contributed by atoms with Gasteiger partial charge >= 0.3 is 6.18 Å². The highest BCUT2D eigenvalue weighted by atomic mass is 32.2. The first-order chi connectivity index (χ1) is 15.8. The van der Waals surface area contributed by atoms with Crippen molar-refractivity contribution in [1.82, 2.24) is 19.9 Å².